The molecule has 0 bridgehead atoms. The van der Waals surface area contributed by atoms with Crippen molar-refractivity contribution in [1.82, 2.24) is 4.90 Å². The molecule has 4 nitrogen and oxygen atoms in total. The van der Waals surface area contributed by atoms with Gasteiger partial charge in [-0.1, -0.05) is 12.1 Å². The Morgan fingerprint density at radius 3 is 2.76 bits per heavy atom. The number of hydrogen-bond acceptors (Lipinski definition) is 3. The maximum atomic E-state index is 13.7. The van der Waals surface area contributed by atoms with Crippen molar-refractivity contribution in [3.63, 3.8) is 0 Å². The van der Waals surface area contributed by atoms with Gasteiger partial charge in [0.05, 0.1) is 6.61 Å². The van der Waals surface area contributed by atoms with Crippen LogP contribution >= 0.6 is 0 Å². The fourth-order valence-corrected chi connectivity index (χ4v) is 2.47. The number of halogens is 1. The van der Waals surface area contributed by atoms with Crippen LogP contribution in [0.1, 0.15) is 44.2 Å². The predicted octanol–water partition coefficient (Wildman–Crippen LogP) is 3.04. The van der Waals surface area contributed by atoms with Gasteiger partial charge in [-0.2, -0.15) is 0 Å². The maximum Gasteiger partial charge on any atom is 0.410 e. The molecule has 0 radical (unpaired) electrons. The molecule has 1 aliphatic heterocycles. The van der Waals surface area contributed by atoms with Gasteiger partial charge in [0.15, 0.2) is 0 Å². The van der Waals surface area contributed by atoms with Gasteiger partial charge < -0.3 is 14.7 Å². The standard InChI is InChI=1S/C16H22FNO3/c1-16(2,3)21-15(20)18-7-6-12(9-18)11-4-5-13(10-19)14(17)8-11/h4-5,8,12,19H,6-7,9-10H2,1-3H3. The third-order valence-corrected chi connectivity index (χ3v) is 3.56. The van der Waals surface area contributed by atoms with Crippen molar-refractivity contribution in [2.45, 2.75) is 45.3 Å². The first-order chi connectivity index (χ1) is 9.80. The van der Waals surface area contributed by atoms with Crippen molar-refractivity contribution >= 4 is 6.09 Å². The third kappa shape index (κ3) is 3.94. The highest BCUT2D eigenvalue weighted by Gasteiger charge is 2.30. The van der Waals surface area contributed by atoms with E-state index in [0.717, 1.165) is 12.0 Å². The van der Waals surface area contributed by atoms with E-state index in [1.807, 2.05) is 26.8 Å². The van der Waals surface area contributed by atoms with Crippen LogP contribution in [0.25, 0.3) is 0 Å². The molecule has 1 amide bonds. The maximum absolute atomic E-state index is 13.7. The van der Waals surface area contributed by atoms with Crippen LogP contribution < -0.4 is 0 Å². The summed E-state index contributed by atoms with van der Waals surface area (Å²) in [6.45, 7) is 6.35. The Morgan fingerprint density at radius 1 is 1.48 bits per heavy atom. The van der Waals surface area contributed by atoms with Crippen LogP contribution in [0.2, 0.25) is 0 Å². The van der Waals surface area contributed by atoms with Gasteiger partial charge in [0.25, 0.3) is 0 Å². The van der Waals surface area contributed by atoms with E-state index in [1.54, 1.807) is 11.0 Å². The lowest BCUT2D eigenvalue weighted by Crippen LogP contribution is -2.35. The van der Waals surface area contributed by atoms with Gasteiger partial charge in [0, 0.05) is 24.6 Å². The highest BCUT2D eigenvalue weighted by atomic mass is 19.1. The molecule has 21 heavy (non-hydrogen) atoms. The minimum absolute atomic E-state index is 0.111. The molecule has 1 aromatic rings. The first-order valence-corrected chi connectivity index (χ1v) is 7.17. The summed E-state index contributed by atoms with van der Waals surface area (Å²) in [6, 6.07) is 4.87. The van der Waals surface area contributed by atoms with Gasteiger partial charge in [-0.05, 0) is 38.8 Å². The van der Waals surface area contributed by atoms with Gasteiger partial charge in [-0.3, -0.25) is 0 Å². The van der Waals surface area contributed by atoms with Gasteiger partial charge in [0.1, 0.15) is 11.4 Å². The Labute approximate surface area is 124 Å². The van der Waals surface area contributed by atoms with Crippen molar-refractivity contribution in [2.24, 2.45) is 0 Å². The second-order valence-electron chi connectivity index (χ2n) is 6.42. The van der Waals surface area contributed by atoms with E-state index in [9.17, 15) is 9.18 Å². The topological polar surface area (TPSA) is 49.8 Å². The van der Waals surface area contributed by atoms with Crippen LogP contribution in [-0.2, 0) is 11.3 Å². The van der Waals surface area contributed by atoms with E-state index >= 15 is 0 Å². The van der Waals surface area contributed by atoms with Crippen molar-refractivity contribution in [3.8, 4) is 0 Å². The summed E-state index contributed by atoms with van der Waals surface area (Å²) < 4.78 is 19.1. The summed E-state index contributed by atoms with van der Waals surface area (Å²) in [6.07, 6.45) is 0.467. The molecular weight excluding hydrogens is 273 g/mol. The molecule has 1 heterocycles. The zero-order valence-electron chi connectivity index (χ0n) is 12.7. The Bertz CT molecular complexity index is 525. The van der Waals surface area contributed by atoms with Crippen LogP contribution in [0, 0.1) is 5.82 Å². The van der Waals surface area contributed by atoms with E-state index in [1.165, 1.54) is 6.07 Å². The zero-order valence-corrected chi connectivity index (χ0v) is 12.7. The number of likely N-dealkylation sites (tertiary alicyclic amines) is 1. The summed E-state index contributed by atoms with van der Waals surface area (Å²) in [4.78, 5) is 13.7. The SMILES string of the molecule is CC(C)(C)OC(=O)N1CCC(c2ccc(CO)c(F)c2)C1. The van der Waals surface area contributed by atoms with E-state index in [0.29, 0.717) is 18.7 Å². The molecule has 1 atom stereocenters. The third-order valence-electron chi connectivity index (χ3n) is 3.56. The summed E-state index contributed by atoms with van der Waals surface area (Å²) in [5.41, 5.74) is 0.640. The number of ether oxygens (including phenoxy) is 1. The Morgan fingerprint density at radius 2 is 2.19 bits per heavy atom. The molecule has 1 unspecified atom stereocenters. The normalized spacial score (nSPS) is 18.9. The van der Waals surface area contributed by atoms with Gasteiger partial charge in [-0.25, -0.2) is 9.18 Å². The summed E-state index contributed by atoms with van der Waals surface area (Å²) in [5, 5.41) is 8.99. The summed E-state index contributed by atoms with van der Waals surface area (Å²) in [7, 11) is 0. The van der Waals surface area contributed by atoms with Crippen molar-refractivity contribution < 1.29 is 19.0 Å². The Hall–Kier alpha value is -1.62. The lowest BCUT2D eigenvalue weighted by atomic mass is 9.97. The summed E-state index contributed by atoms with van der Waals surface area (Å²) >= 11 is 0. The van der Waals surface area contributed by atoms with Crippen LogP contribution in [0.4, 0.5) is 9.18 Å². The molecule has 0 spiro atoms. The fourth-order valence-electron chi connectivity index (χ4n) is 2.47. The number of carbonyl (C=O) groups excluding carboxylic acids is 1. The second kappa shape index (κ2) is 6.02. The molecule has 1 saturated heterocycles. The molecule has 1 aliphatic rings. The number of carbonyl (C=O) groups is 1. The van der Waals surface area contributed by atoms with Gasteiger partial charge in [-0.15, -0.1) is 0 Å². The Balaban J connectivity index is 2.02. The van der Waals surface area contributed by atoms with E-state index in [-0.39, 0.29) is 18.6 Å². The molecule has 2 rings (SSSR count). The van der Waals surface area contributed by atoms with Gasteiger partial charge >= 0.3 is 6.09 Å². The minimum Gasteiger partial charge on any atom is -0.444 e. The average molecular weight is 295 g/mol. The predicted molar refractivity (Wildman–Crippen MR) is 77.5 cm³/mol. The number of rotatable bonds is 2. The zero-order chi connectivity index (χ0) is 15.6. The van der Waals surface area contributed by atoms with Crippen LogP contribution in [0.5, 0.6) is 0 Å². The van der Waals surface area contributed by atoms with Crippen molar-refractivity contribution in [1.29, 1.82) is 0 Å². The number of aliphatic hydroxyl groups is 1. The van der Waals surface area contributed by atoms with Crippen LogP contribution in [0.3, 0.4) is 0 Å². The number of amides is 1. The van der Waals surface area contributed by atoms with Crippen molar-refractivity contribution in [2.75, 3.05) is 13.1 Å². The minimum atomic E-state index is -0.510. The number of hydrogen-bond donors (Lipinski definition) is 1. The number of benzene rings is 1. The molecule has 1 N–H and O–H groups in total. The molecule has 0 aromatic heterocycles. The molecule has 0 saturated carbocycles. The summed E-state index contributed by atoms with van der Waals surface area (Å²) in [5.74, 6) is -0.287. The highest BCUT2D eigenvalue weighted by Crippen LogP contribution is 2.29. The fraction of sp³-hybridized carbons (Fsp3) is 0.562. The number of nitrogens with zero attached hydrogens (tertiary/aromatic N) is 1. The van der Waals surface area contributed by atoms with E-state index in [4.69, 9.17) is 9.84 Å². The first-order valence-electron chi connectivity index (χ1n) is 7.17. The largest absolute Gasteiger partial charge is 0.444 e. The van der Waals surface area contributed by atoms with Crippen LogP contribution in [0.15, 0.2) is 18.2 Å². The molecule has 1 aromatic carbocycles. The van der Waals surface area contributed by atoms with E-state index < -0.39 is 11.4 Å². The monoisotopic (exact) mass is 295 g/mol. The average Bonchev–Trinajstić information content (AvgIpc) is 2.86. The molecule has 116 valence electrons. The highest BCUT2D eigenvalue weighted by molar-refractivity contribution is 5.68. The molecule has 0 aliphatic carbocycles. The smallest absolute Gasteiger partial charge is 0.410 e. The van der Waals surface area contributed by atoms with E-state index in [2.05, 4.69) is 0 Å². The molecule has 1 fully saturated rings. The van der Waals surface area contributed by atoms with Gasteiger partial charge in [0.2, 0.25) is 0 Å². The van der Waals surface area contributed by atoms with Crippen LogP contribution in [-0.4, -0.2) is 34.8 Å². The van der Waals surface area contributed by atoms with Crippen molar-refractivity contribution in [3.05, 3.63) is 35.1 Å². The second-order valence-corrected chi connectivity index (χ2v) is 6.42. The Kier molecular flexibility index (Phi) is 4.52. The molecule has 5 heteroatoms. The lowest BCUT2D eigenvalue weighted by molar-refractivity contribution is 0.0292. The quantitative estimate of drug-likeness (QED) is 0.912. The first kappa shape index (κ1) is 15.8. The number of aliphatic hydroxyl groups excluding tert-OH is 1. The molecular formula is C16H22FNO3. The lowest BCUT2D eigenvalue weighted by Gasteiger charge is -2.24.